The normalized spacial score (nSPS) is 16.8. The molecule has 168 valence electrons. The SMILES string of the molecule is O=C(c1nn(-c2ccc(F)cc2)c2c1CCC2=Cc1ccc([N+](=O)[O-])cc1)N1CCOCC1. The van der Waals surface area contributed by atoms with Crippen molar-refractivity contribution < 1.29 is 18.8 Å². The molecule has 0 spiro atoms. The first kappa shape index (κ1) is 21.0. The Morgan fingerprint density at radius 3 is 2.42 bits per heavy atom. The number of morpholine rings is 1. The number of benzene rings is 2. The highest BCUT2D eigenvalue weighted by Crippen LogP contribution is 2.38. The molecule has 1 fully saturated rings. The van der Waals surface area contributed by atoms with E-state index in [9.17, 15) is 19.3 Å². The Balaban J connectivity index is 1.58. The van der Waals surface area contributed by atoms with E-state index in [-0.39, 0.29) is 17.4 Å². The molecule has 8 nitrogen and oxygen atoms in total. The average Bonchev–Trinajstić information content (AvgIpc) is 3.41. The minimum atomic E-state index is -0.433. The number of nitrogens with zero attached hydrogens (tertiary/aromatic N) is 4. The third kappa shape index (κ3) is 4.03. The third-order valence-electron chi connectivity index (χ3n) is 5.95. The van der Waals surface area contributed by atoms with Crippen LogP contribution in [0.5, 0.6) is 0 Å². The minimum absolute atomic E-state index is 0.0269. The molecule has 0 saturated carbocycles. The van der Waals surface area contributed by atoms with Crippen molar-refractivity contribution in [2.75, 3.05) is 26.3 Å². The molecular weight excluding hydrogens is 427 g/mol. The molecule has 0 bridgehead atoms. The van der Waals surface area contributed by atoms with E-state index in [0.29, 0.717) is 50.5 Å². The predicted octanol–water partition coefficient (Wildman–Crippen LogP) is 3.88. The predicted molar refractivity (Wildman–Crippen MR) is 120 cm³/mol. The van der Waals surface area contributed by atoms with Crippen LogP contribution in [0.1, 0.15) is 33.7 Å². The first-order chi connectivity index (χ1) is 16.0. The maximum absolute atomic E-state index is 13.5. The minimum Gasteiger partial charge on any atom is -0.378 e. The van der Waals surface area contributed by atoms with Crippen LogP contribution < -0.4 is 0 Å². The summed E-state index contributed by atoms with van der Waals surface area (Å²) >= 11 is 0. The number of fused-ring (bicyclic) bond motifs is 1. The maximum Gasteiger partial charge on any atom is 0.274 e. The van der Waals surface area contributed by atoms with Gasteiger partial charge in [-0.25, -0.2) is 9.07 Å². The number of aromatic nitrogens is 2. The molecule has 0 atom stereocenters. The Kier molecular flexibility index (Phi) is 5.47. The number of ether oxygens (including phenoxy) is 1. The first-order valence-electron chi connectivity index (χ1n) is 10.7. The van der Waals surface area contributed by atoms with Crippen LogP contribution >= 0.6 is 0 Å². The van der Waals surface area contributed by atoms with Gasteiger partial charge in [0.2, 0.25) is 0 Å². The molecular formula is C24H21FN4O4. The number of nitro benzene ring substituents is 1. The van der Waals surface area contributed by atoms with Crippen molar-refractivity contribution in [1.82, 2.24) is 14.7 Å². The highest BCUT2D eigenvalue weighted by molar-refractivity contribution is 5.97. The van der Waals surface area contributed by atoms with E-state index < -0.39 is 4.92 Å². The summed E-state index contributed by atoms with van der Waals surface area (Å²) in [6, 6.07) is 12.3. The fraction of sp³-hybridized carbons (Fsp3) is 0.250. The standard InChI is InChI=1S/C24H21FN4O4/c25-18-4-8-19(9-5-18)28-23-17(15-16-1-6-20(7-2-16)29(31)32)3-10-21(23)22(26-28)24(30)27-11-13-33-14-12-27/h1-2,4-9,15H,3,10-14H2. The fourth-order valence-electron chi connectivity index (χ4n) is 4.29. The van der Waals surface area contributed by atoms with Crippen LogP contribution in [0.15, 0.2) is 48.5 Å². The van der Waals surface area contributed by atoms with E-state index in [0.717, 1.165) is 22.4 Å². The van der Waals surface area contributed by atoms with Crippen molar-refractivity contribution in [2.24, 2.45) is 0 Å². The van der Waals surface area contributed by atoms with E-state index in [2.05, 4.69) is 5.10 Å². The molecule has 0 N–H and O–H groups in total. The number of rotatable bonds is 4. The van der Waals surface area contributed by atoms with Gasteiger partial charge in [0.05, 0.1) is 29.5 Å². The lowest BCUT2D eigenvalue weighted by atomic mass is 10.1. The number of hydrogen-bond acceptors (Lipinski definition) is 5. The fourth-order valence-corrected chi connectivity index (χ4v) is 4.29. The number of non-ortho nitro benzene ring substituents is 1. The Hall–Kier alpha value is -3.85. The van der Waals surface area contributed by atoms with E-state index in [1.807, 2.05) is 6.08 Å². The van der Waals surface area contributed by atoms with Gasteiger partial charge in [-0.05, 0) is 66.5 Å². The molecule has 1 aliphatic carbocycles. The molecule has 2 aromatic carbocycles. The lowest BCUT2D eigenvalue weighted by Crippen LogP contribution is -2.41. The summed E-state index contributed by atoms with van der Waals surface area (Å²) in [4.78, 5) is 25.5. The number of hydrogen-bond donors (Lipinski definition) is 0. The van der Waals surface area contributed by atoms with Crippen LogP contribution in [-0.4, -0.2) is 51.8 Å². The second kappa shape index (κ2) is 8.59. The molecule has 9 heteroatoms. The topological polar surface area (TPSA) is 90.5 Å². The number of amides is 1. The van der Waals surface area contributed by atoms with Gasteiger partial charge < -0.3 is 9.64 Å². The first-order valence-corrected chi connectivity index (χ1v) is 10.7. The molecule has 2 heterocycles. The summed E-state index contributed by atoms with van der Waals surface area (Å²) in [5.74, 6) is -0.485. The zero-order valence-electron chi connectivity index (χ0n) is 17.7. The van der Waals surface area contributed by atoms with Crippen LogP contribution in [0.2, 0.25) is 0 Å². The molecule has 0 radical (unpaired) electrons. The zero-order chi connectivity index (χ0) is 22.9. The highest BCUT2D eigenvalue weighted by Gasteiger charge is 2.32. The number of carbonyl (C=O) groups is 1. The van der Waals surface area contributed by atoms with Crippen LogP contribution in [0.25, 0.3) is 17.3 Å². The summed E-state index contributed by atoms with van der Waals surface area (Å²) in [7, 11) is 0. The molecule has 33 heavy (non-hydrogen) atoms. The summed E-state index contributed by atoms with van der Waals surface area (Å²) in [5.41, 5.74) is 4.56. The van der Waals surface area contributed by atoms with Gasteiger partial charge in [0.25, 0.3) is 11.6 Å². The van der Waals surface area contributed by atoms with Crippen molar-refractivity contribution >= 4 is 23.2 Å². The van der Waals surface area contributed by atoms with Crippen LogP contribution in [0, 0.1) is 15.9 Å². The van der Waals surface area contributed by atoms with Gasteiger partial charge in [-0.3, -0.25) is 14.9 Å². The van der Waals surface area contributed by atoms with E-state index in [1.54, 1.807) is 33.8 Å². The maximum atomic E-state index is 13.5. The Labute approximate surface area is 189 Å². The second-order valence-electron chi connectivity index (χ2n) is 7.99. The van der Waals surface area contributed by atoms with Gasteiger partial charge in [0.1, 0.15) is 5.82 Å². The van der Waals surface area contributed by atoms with Crippen molar-refractivity contribution in [1.29, 1.82) is 0 Å². The summed E-state index contributed by atoms with van der Waals surface area (Å²) < 4.78 is 20.6. The van der Waals surface area contributed by atoms with Crippen LogP contribution in [0.4, 0.5) is 10.1 Å². The molecule has 1 saturated heterocycles. The summed E-state index contributed by atoms with van der Waals surface area (Å²) in [5, 5.41) is 15.6. The van der Waals surface area contributed by atoms with Crippen molar-refractivity contribution in [3.05, 3.63) is 87.0 Å². The van der Waals surface area contributed by atoms with Gasteiger partial charge >= 0.3 is 0 Å². The summed E-state index contributed by atoms with van der Waals surface area (Å²) in [6.45, 7) is 2.03. The second-order valence-corrected chi connectivity index (χ2v) is 7.99. The van der Waals surface area contributed by atoms with Gasteiger partial charge in [-0.15, -0.1) is 0 Å². The lowest BCUT2D eigenvalue weighted by molar-refractivity contribution is -0.384. The Morgan fingerprint density at radius 2 is 1.76 bits per heavy atom. The largest absolute Gasteiger partial charge is 0.378 e. The van der Waals surface area contributed by atoms with Gasteiger partial charge in [-0.2, -0.15) is 5.10 Å². The van der Waals surface area contributed by atoms with Gasteiger partial charge in [0.15, 0.2) is 5.69 Å². The molecule has 3 aromatic rings. The van der Waals surface area contributed by atoms with Crippen LogP contribution in [-0.2, 0) is 11.2 Å². The van der Waals surface area contributed by atoms with Crippen molar-refractivity contribution in [3.8, 4) is 5.69 Å². The quantitative estimate of drug-likeness (QED) is 0.446. The Bertz CT molecular complexity index is 1240. The molecule has 0 unspecified atom stereocenters. The number of halogens is 1. The molecule has 1 amide bonds. The van der Waals surface area contributed by atoms with Crippen molar-refractivity contribution in [3.63, 3.8) is 0 Å². The monoisotopic (exact) mass is 448 g/mol. The van der Waals surface area contributed by atoms with E-state index in [1.165, 1.54) is 24.3 Å². The van der Waals surface area contributed by atoms with Gasteiger partial charge in [-0.1, -0.05) is 0 Å². The molecule has 1 aromatic heterocycles. The number of nitro groups is 1. The van der Waals surface area contributed by atoms with Crippen LogP contribution in [0.3, 0.4) is 0 Å². The summed E-state index contributed by atoms with van der Waals surface area (Å²) in [6.07, 6.45) is 3.32. The lowest BCUT2D eigenvalue weighted by Gasteiger charge is -2.26. The van der Waals surface area contributed by atoms with E-state index in [4.69, 9.17) is 4.74 Å². The van der Waals surface area contributed by atoms with E-state index >= 15 is 0 Å². The third-order valence-corrected chi connectivity index (χ3v) is 5.95. The average molecular weight is 448 g/mol. The number of carbonyl (C=O) groups excluding carboxylic acids is 1. The number of allylic oxidation sites excluding steroid dienone is 1. The molecule has 5 rings (SSSR count). The van der Waals surface area contributed by atoms with Gasteiger partial charge in [0, 0.05) is 30.8 Å². The molecule has 1 aliphatic heterocycles. The smallest absolute Gasteiger partial charge is 0.274 e. The van der Waals surface area contributed by atoms with Crippen molar-refractivity contribution in [2.45, 2.75) is 12.8 Å². The molecule has 2 aliphatic rings. The highest BCUT2D eigenvalue weighted by atomic mass is 19.1. The zero-order valence-corrected chi connectivity index (χ0v) is 17.7. The Morgan fingerprint density at radius 1 is 1.06 bits per heavy atom.